The lowest BCUT2D eigenvalue weighted by molar-refractivity contribution is -0.137. The fraction of sp³-hybridized carbons (Fsp3) is 0.167. The second-order valence-electron chi connectivity index (χ2n) is 6.05. The zero-order chi connectivity index (χ0) is 21.7. The van der Waals surface area contributed by atoms with Gasteiger partial charge in [0, 0.05) is 12.5 Å². The molecule has 9 nitrogen and oxygen atoms in total. The molecule has 0 atom stereocenters. The average molecular weight is 438 g/mol. The van der Waals surface area contributed by atoms with Gasteiger partial charge in [0.1, 0.15) is 18.3 Å². The Bertz CT molecular complexity index is 1150. The summed E-state index contributed by atoms with van der Waals surface area (Å²) in [5.41, 5.74) is 0.0108. The summed E-state index contributed by atoms with van der Waals surface area (Å²) in [6.45, 7) is -0.0367. The van der Waals surface area contributed by atoms with E-state index < -0.39 is 32.5 Å². The molecule has 1 heterocycles. The van der Waals surface area contributed by atoms with Gasteiger partial charge in [-0.15, -0.1) is 0 Å². The number of nitrogens with zero attached hydrogens (tertiary/aromatic N) is 3. The summed E-state index contributed by atoms with van der Waals surface area (Å²) in [7, 11) is -4.20. The van der Waals surface area contributed by atoms with Crippen molar-refractivity contribution in [2.75, 3.05) is 11.3 Å². The van der Waals surface area contributed by atoms with Gasteiger partial charge >= 0.3 is 5.97 Å². The predicted molar refractivity (Wildman–Crippen MR) is 101 cm³/mol. The summed E-state index contributed by atoms with van der Waals surface area (Å²) in [5, 5.41) is 12.4. The van der Waals surface area contributed by atoms with Gasteiger partial charge in [-0.05, 0) is 36.8 Å². The molecule has 2 N–H and O–H groups in total. The van der Waals surface area contributed by atoms with Gasteiger partial charge in [0.2, 0.25) is 0 Å². The van der Waals surface area contributed by atoms with Crippen molar-refractivity contribution in [2.45, 2.75) is 17.7 Å². The molecule has 0 fully saturated rings. The smallest absolute Gasteiger partial charge is 0.303 e. The van der Waals surface area contributed by atoms with E-state index in [1.807, 2.05) is 0 Å². The van der Waals surface area contributed by atoms with E-state index in [-0.39, 0.29) is 36.6 Å². The van der Waals surface area contributed by atoms with Crippen LogP contribution in [0.5, 0.6) is 5.75 Å². The molecule has 158 valence electrons. The number of nitrogens with one attached hydrogen (secondary N) is 1. The number of hydrogen-bond acceptors (Lipinski definition) is 6. The maximum atomic E-state index is 14.3. The summed E-state index contributed by atoms with van der Waals surface area (Å²) in [4.78, 5) is 13.8. The fourth-order valence-corrected chi connectivity index (χ4v) is 3.54. The Kier molecular flexibility index (Phi) is 6.26. The maximum absolute atomic E-state index is 14.3. The van der Waals surface area contributed by atoms with Crippen molar-refractivity contribution in [1.29, 1.82) is 0 Å². The van der Waals surface area contributed by atoms with Crippen molar-refractivity contribution in [3.8, 4) is 11.4 Å². The van der Waals surface area contributed by atoms with Crippen LogP contribution in [0.3, 0.4) is 0 Å². The first-order valence-corrected chi connectivity index (χ1v) is 10.1. The summed E-state index contributed by atoms with van der Waals surface area (Å²) in [6, 6.07) is 6.61. The SMILES string of the molecule is O=C(O)CCCOc1ccc(S(=O)(=O)Nc2ccc(-n3cncn3)c(F)c2)cc1F. The summed E-state index contributed by atoms with van der Waals surface area (Å²) in [5.74, 6) is -2.88. The zero-order valence-electron chi connectivity index (χ0n) is 15.3. The molecular weight excluding hydrogens is 422 g/mol. The number of anilines is 1. The third-order valence-corrected chi connectivity index (χ3v) is 5.25. The average Bonchev–Trinajstić information content (AvgIpc) is 3.20. The number of sulfonamides is 1. The first-order chi connectivity index (χ1) is 14.3. The molecule has 0 aliphatic rings. The van der Waals surface area contributed by atoms with E-state index in [1.54, 1.807) is 0 Å². The topological polar surface area (TPSA) is 123 Å². The highest BCUT2D eigenvalue weighted by Crippen LogP contribution is 2.24. The Morgan fingerprint density at radius 3 is 2.60 bits per heavy atom. The first-order valence-electron chi connectivity index (χ1n) is 8.58. The van der Waals surface area contributed by atoms with E-state index in [4.69, 9.17) is 9.84 Å². The molecule has 0 radical (unpaired) electrons. The number of aliphatic carboxylic acids is 1. The van der Waals surface area contributed by atoms with Gasteiger partial charge in [-0.3, -0.25) is 9.52 Å². The number of benzene rings is 2. The minimum Gasteiger partial charge on any atom is -0.491 e. The highest BCUT2D eigenvalue weighted by atomic mass is 32.2. The number of hydrogen-bond donors (Lipinski definition) is 2. The zero-order valence-corrected chi connectivity index (χ0v) is 16.1. The van der Waals surface area contributed by atoms with Crippen molar-refractivity contribution >= 4 is 21.7 Å². The lowest BCUT2D eigenvalue weighted by atomic mass is 10.3. The Labute approximate surface area is 170 Å². The first kappa shape index (κ1) is 21.2. The van der Waals surface area contributed by atoms with Crippen LogP contribution >= 0.6 is 0 Å². The van der Waals surface area contributed by atoms with Crippen LogP contribution in [0.15, 0.2) is 53.9 Å². The predicted octanol–water partition coefficient (Wildman–Crippen LogP) is 2.59. The molecule has 1 aromatic heterocycles. The number of aromatic nitrogens is 3. The van der Waals surface area contributed by atoms with Crippen LogP contribution in [-0.2, 0) is 14.8 Å². The second kappa shape index (κ2) is 8.86. The molecule has 3 aromatic rings. The molecule has 2 aromatic carbocycles. The van der Waals surface area contributed by atoms with Gasteiger partial charge < -0.3 is 9.84 Å². The monoisotopic (exact) mass is 438 g/mol. The third kappa shape index (κ3) is 5.08. The number of rotatable bonds is 9. The van der Waals surface area contributed by atoms with Gasteiger partial charge in [0.25, 0.3) is 10.0 Å². The van der Waals surface area contributed by atoms with Crippen LogP contribution in [0.25, 0.3) is 5.69 Å². The van der Waals surface area contributed by atoms with E-state index in [0.717, 1.165) is 24.3 Å². The third-order valence-electron chi connectivity index (χ3n) is 3.87. The van der Waals surface area contributed by atoms with Crippen molar-refractivity contribution < 1.29 is 31.8 Å². The van der Waals surface area contributed by atoms with E-state index in [2.05, 4.69) is 14.8 Å². The molecule has 30 heavy (non-hydrogen) atoms. The molecule has 0 saturated carbocycles. The number of carboxylic acid groups (broad SMARTS) is 1. The minimum atomic E-state index is -4.20. The minimum absolute atomic E-state index is 0.0367. The lowest BCUT2D eigenvalue weighted by Crippen LogP contribution is -2.14. The second-order valence-corrected chi connectivity index (χ2v) is 7.73. The largest absolute Gasteiger partial charge is 0.491 e. The van der Waals surface area contributed by atoms with Crippen molar-refractivity contribution in [1.82, 2.24) is 14.8 Å². The van der Waals surface area contributed by atoms with Crippen molar-refractivity contribution in [3.63, 3.8) is 0 Å². The molecule has 12 heteroatoms. The van der Waals surface area contributed by atoms with E-state index in [0.29, 0.717) is 0 Å². The molecular formula is C18H16F2N4O5S. The van der Waals surface area contributed by atoms with Crippen molar-refractivity contribution in [3.05, 3.63) is 60.7 Å². The van der Waals surface area contributed by atoms with Crippen LogP contribution in [0.4, 0.5) is 14.5 Å². The van der Waals surface area contributed by atoms with Gasteiger partial charge in [-0.25, -0.2) is 26.9 Å². The van der Waals surface area contributed by atoms with Crippen LogP contribution in [0.2, 0.25) is 0 Å². The van der Waals surface area contributed by atoms with Gasteiger partial charge in [-0.1, -0.05) is 0 Å². The van der Waals surface area contributed by atoms with Crippen LogP contribution in [-0.4, -0.2) is 40.9 Å². The van der Waals surface area contributed by atoms with Crippen LogP contribution < -0.4 is 9.46 Å². The normalized spacial score (nSPS) is 11.3. The molecule has 3 rings (SSSR count). The number of carbonyl (C=O) groups is 1. The van der Waals surface area contributed by atoms with Gasteiger partial charge in [0.05, 0.1) is 17.2 Å². The number of halogens is 2. The van der Waals surface area contributed by atoms with Gasteiger partial charge in [0.15, 0.2) is 17.4 Å². The van der Waals surface area contributed by atoms with E-state index >= 15 is 0 Å². The number of carboxylic acids is 1. The van der Waals surface area contributed by atoms with Crippen LogP contribution in [0, 0.1) is 11.6 Å². The lowest BCUT2D eigenvalue weighted by Gasteiger charge is -2.11. The highest BCUT2D eigenvalue weighted by Gasteiger charge is 2.18. The highest BCUT2D eigenvalue weighted by molar-refractivity contribution is 7.92. The van der Waals surface area contributed by atoms with Gasteiger partial charge in [-0.2, -0.15) is 5.10 Å². The summed E-state index contributed by atoms with van der Waals surface area (Å²) in [6.07, 6.45) is 2.55. The van der Waals surface area contributed by atoms with Crippen LogP contribution in [0.1, 0.15) is 12.8 Å². The molecule has 0 aliphatic carbocycles. The molecule has 0 bridgehead atoms. The Balaban J connectivity index is 1.72. The molecule has 0 saturated heterocycles. The molecule has 0 unspecified atom stereocenters. The summed E-state index contributed by atoms with van der Waals surface area (Å²) >= 11 is 0. The van der Waals surface area contributed by atoms with Crippen molar-refractivity contribution in [2.24, 2.45) is 0 Å². The molecule has 0 spiro atoms. The fourth-order valence-electron chi connectivity index (χ4n) is 2.47. The van der Waals surface area contributed by atoms with E-state index in [9.17, 15) is 22.0 Å². The quantitative estimate of drug-likeness (QED) is 0.492. The molecule has 0 amide bonds. The standard InChI is InChI=1S/C18H16F2N4O5S/c19-14-8-12(3-5-16(14)24-11-21-10-22-24)23-30(27,28)13-4-6-17(15(20)9-13)29-7-1-2-18(25)26/h3-6,8-11,23H,1-2,7H2,(H,25,26). The number of ether oxygens (including phenoxy) is 1. The maximum Gasteiger partial charge on any atom is 0.303 e. The molecule has 0 aliphatic heterocycles. The Morgan fingerprint density at radius 2 is 1.97 bits per heavy atom. The Hall–Kier alpha value is -3.54. The summed E-state index contributed by atoms with van der Waals surface area (Å²) < 4.78 is 61.9. The Morgan fingerprint density at radius 1 is 1.17 bits per heavy atom. The van der Waals surface area contributed by atoms with E-state index in [1.165, 1.54) is 29.5 Å².